The minimum Gasteiger partial charge on any atom is -0.465 e. The van der Waals surface area contributed by atoms with E-state index < -0.39 is 121 Å². The van der Waals surface area contributed by atoms with Gasteiger partial charge >= 0.3 is 30.0 Å². The molecule has 4 heterocycles. The third-order valence-electron chi connectivity index (χ3n) is 9.84. The Morgan fingerprint density at radius 1 is 0.931 bits per heavy atom. The Balaban J connectivity index is 1.45. The van der Waals surface area contributed by atoms with Crippen LogP contribution >= 0.6 is 11.8 Å². The van der Waals surface area contributed by atoms with E-state index in [2.05, 4.69) is 0 Å². The number of nitrogens with zero attached hydrogens (tertiary/aromatic N) is 1. The lowest BCUT2D eigenvalue weighted by Crippen LogP contribution is -2.70. The number of ether oxygens (including phenoxy) is 10. The molecule has 6 rings (SSSR count). The van der Waals surface area contributed by atoms with Crippen molar-refractivity contribution in [2.24, 2.45) is 0 Å². The molecule has 19 heteroatoms. The minimum atomic E-state index is -2.61. The number of rotatable bonds is 12. The molecule has 2 amide bonds. The largest absolute Gasteiger partial charge is 0.465 e. The van der Waals surface area contributed by atoms with Gasteiger partial charge in [0.25, 0.3) is 5.79 Å². The molecule has 0 unspecified atom stereocenters. The summed E-state index contributed by atoms with van der Waals surface area (Å²) in [6.07, 6.45) is -14.3. The molecule has 4 aliphatic heterocycles. The first-order valence-corrected chi connectivity index (χ1v) is 19.3. The first-order chi connectivity index (χ1) is 27.6. The van der Waals surface area contributed by atoms with Gasteiger partial charge in [-0.25, -0.2) is 14.5 Å². The van der Waals surface area contributed by atoms with Gasteiger partial charge in [0.1, 0.15) is 54.7 Å². The summed E-state index contributed by atoms with van der Waals surface area (Å²) in [5.41, 5.74) is 0.617. The summed E-state index contributed by atoms with van der Waals surface area (Å²) in [4.78, 5) is 79.0. The Labute approximate surface area is 337 Å². The maximum absolute atomic E-state index is 14.2. The van der Waals surface area contributed by atoms with Crippen LogP contribution in [0.3, 0.4) is 0 Å². The van der Waals surface area contributed by atoms with E-state index in [1.54, 1.807) is 24.3 Å². The number of imide groups is 1. The van der Waals surface area contributed by atoms with E-state index in [1.807, 2.05) is 37.3 Å². The van der Waals surface area contributed by atoms with Crippen molar-refractivity contribution in [1.29, 1.82) is 0 Å². The van der Waals surface area contributed by atoms with E-state index in [9.17, 15) is 33.9 Å². The third kappa shape index (κ3) is 9.30. The van der Waals surface area contributed by atoms with Crippen LogP contribution in [0.25, 0.3) is 0 Å². The van der Waals surface area contributed by atoms with Gasteiger partial charge in [-0.15, -0.1) is 0 Å². The summed E-state index contributed by atoms with van der Waals surface area (Å²) < 4.78 is 59.2. The Bertz CT molecular complexity index is 1850. The molecular formula is C39H45NO17S. The molecule has 0 saturated carbocycles. The summed E-state index contributed by atoms with van der Waals surface area (Å²) >= 11 is 1.18. The molecule has 18 nitrogen and oxygen atoms in total. The van der Waals surface area contributed by atoms with Crippen molar-refractivity contribution in [3.8, 4) is 0 Å². The van der Waals surface area contributed by atoms with Gasteiger partial charge in [0, 0.05) is 38.2 Å². The summed E-state index contributed by atoms with van der Waals surface area (Å²) in [6, 6.07) is 15.0. The Morgan fingerprint density at radius 3 is 2.24 bits per heavy atom. The first-order valence-electron chi connectivity index (χ1n) is 18.4. The molecule has 0 spiro atoms. The molecule has 2 aromatic carbocycles. The van der Waals surface area contributed by atoms with Gasteiger partial charge in [-0.2, -0.15) is 0 Å². The number of carbonyl (C=O) groups is 6. The Morgan fingerprint density at radius 2 is 1.62 bits per heavy atom. The molecule has 58 heavy (non-hydrogen) atoms. The van der Waals surface area contributed by atoms with Gasteiger partial charge in [0.05, 0.1) is 20.1 Å². The van der Waals surface area contributed by atoms with Crippen molar-refractivity contribution < 1.29 is 81.2 Å². The highest BCUT2D eigenvalue weighted by atomic mass is 32.2. The summed E-state index contributed by atoms with van der Waals surface area (Å²) in [5.74, 6) is -7.21. The fraction of sp³-hybridized carbons (Fsp3) is 0.538. The van der Waals surface area contributed by atoms with E-state index in [4.69, 9.17) is 47.4 Å². The molecule has 0 radical (unpaired) electrons. The van der Waals surface area contributed by atoms with Crippen molar-refractivity contribution >= 4 is 47.6 Å². The summed E-state index contributed by atoms with van der Waals surface area (Å²) in [5, 5.41) is 12.2. The minimum absolute atomic E-state index is 0.0267. The number of amides is 2. The van der Waals surface area contributed by atoms with Crippen LogP contribution in [-0.4, -0.2) is 132 Å². The predicted molar refractivity (Wildman–Crippen MR) is 195 cm³/mol. The number of carbonyl (C=O) groups excluding carboxylic acids is 6. The zero-order chi connectivity index (χ0) is 41.9. The van der Waals surface area contributed by atoms with Crippen LogP contribution in [0.4, 0.5) is 4.79 Å². The van der Waals surface area contributed by atoms with Crippen LogP contribution < -0.4 is 0 Å². The van der Waals surface area contributed by atoms with Crippen LogP contribution in [0.1, 0.15) is 51.5 Å². The van der Waals surface area contributed by atoms with E-state index >= 15 is 0 Å². The molecular weight excluding hydrogens is 786 g/mol. The topological polar surface area (TPSA) is 218 Å². The molecule has 4 saturated heterocycles. The Kier molecular flexibility index (Phi) is 13.4. The molecule has 0 aromatic heterocycles. The number of hydrogen-bond acceptors (Lipinski definition) is 18. The average molecular weight is 832 g/mol. The fourth-order valence-electron chi connectivity index (χ4n) is 7.38. The van der Waals surface area contributed by atoms with E-state index in [1.165, 1.54) is 11.8 Å². The van der Waals surface area contributed by atoms with Gasteiger partial charge in [-0.05, 0) is 19.1 Å². The lowest BCUT2D eigenvalue weighted by molar-refractivity contribution is -0.374. The maximum atomic E-state index is 14.2. The highest BCUT2D eigenvalue weighted by Crippen LogP contribution is 2.46. The highest BCUT2D eigenvalue weighted by molar-refractivity contribution is 7.99. The molecule has 4 aliphatic rings. The second kappa shape index (κ2) is 18.1. The quantitative estimate of drug-likeness (QED) is 0.240. The Hall–Kier alpha value is -4.63. The predicted octanol–water partition coefficient (Wildman–Crippen LogP) is 2.49. The molecule has 2 aromatic rings. The van der Waals surface area contributed by atoms with E-state index in [0.29, 0.717) is 10.5 Å². The monoisotopic (exact) mass is 831 g/mol. The number of methoxy groups -OCH3 is 1. The second-order valence-electron chi connectivity index (χ2n) is 14.1. The zero-order valence-corrected chi connectivity index (χ0v) is 33.3. The number of benzene rings is 2. The molecule has 314 valence electrons. The van der Waals surface area contributed by atoms with Gasteiger partial charge in [-0.3, -0.25) is 19.2 Å². The second-order valence-corrected chi connectivity index (χ2v) is 15.3. The lowest BCUT2D eigenvalue weighted by atomic mass is 9.87. The number of aryl methyl sites for hydroxylation is 1. The van der Waals surface area contributed by atoms with Gasteiger partial charge in [-0.1, -0.05) is 59.8 Å². The molecule has 0 bridgehead atoms. The third-order valence-corrected chi connectivity index (χ3v) is 11.0. The van der Waals surface area contributed by atoms with Gasteiger partial charge in [0.2, 0.25) is 5.91 Å². The molecule has 0 aliphatic carbocycles. The van der Waals surface area contributed by atoms with Crippen molar-refractivity contribution in [2.75, 3.05) is 20.3 Å². The number of aliphatic hydroxyl groups is 1. The first kappa shape index (κ1) is 43.0. The molecule has 1 N–H and O–H groups in total. The standard InChI is InChI=1S/C39H45NO17S/c1-19-12-14-25(15-13-19)58-36-30(45)34(32-28(53-36)18-50-35(55-32)24-10-8-7-9-11-24)57-39(37(46)48-6)16-26-29(40(20(2)41)38(47)54-26)33(56-39)31(52-23(5)44)27(51-22(4)43)17-49-21(3)42/h7-15,26-36,45H,16-18H2,1-6H3/t26-,27+,28+,29+,30+,31+,32-,33+,34+,35-,36-,39-/m0/s1. The van der Waals surface area contributed by atoms with Crippen molar-refractivity contribution in [3.63, 3.8) is 0 Å². The van der Waals surface area contributed by atoms with Crippen molar-refractivity contribution in [2.45, 2.75) is 118 Å². The summed E-state index contributed by atoms with van der Waals surface area (Å²) in [7, 11) is 1.04. The normalized spacial score (nSPS) is 31.4. The van der Waals surface area contributed by atoms with Crippen LogP contribution in [0.5, 0.6) is 0 Å². The number of fused-ring (bicyclic) bond motifs is 2. The SMILES string of the molecule is COC(=O)[C@@]1(O[C@@H]2[C@@H](O)[C@H](Sc3ccc(C)cc3)O[C@@H]3CO[C@H](c4ccccc4)O[C@H]23)C[C@@H]2OC(=O)N(C(C)=O)[C@H]2[C@H]([C@H](OC(C)=O)[C@@H](COC(C)=O)OC(C)=O)O1. The van der Waals surface area contributed by atoms with Crippen molar-refractivity contribution in [3.05, 3.63) is 65.7 Å². The summed E-state index contributed by atoms with van der Waals surface area (Å²) in [6.45, 7) is 5.47. The fourth-order valence-corrected chi connectivity index (χ4v) is 8.43. The maximum Gasteiger partial charge on any atom is 0.417 e. The number of thioether (sulfide) groups is 1. The van der Waals surface area contributed by atoms with Crippen LogP contribution in [0.2, 0.25) is 0 Å². The van der Waals surface area contributed by atoms with Crippen molar-refractivity contribution in [1.82, 2.24) is 4.90 Å². The number of aliphatic hydroxyl groups excluding tert-OH is 1. The highest BCUT2D eigenvalue weighted by Gasteiger charge is 2.66. The average Bonchev–Trinajstić information content (AvgIpc) is 3.52. The van der Waals surface area contributed by atoms with Gasteiger partial charge in [0.15, 0.2) is 18.5 Å². The van der Waals surface area contributed by atoms with Crippen LogP contribution in [0.15, 0.2) is 59.5 Å². The lowest BCUT2D eigenvalue weighted by Gasteiger charge is -2.52. The number of hydrogen-bond donors (Lipinski definition) is 1. The van der Waals surface area contributed by atoms with Gasteiger partial charge < -0.3 is 52.5 Å². The van der Waals surface area contributed by atoms with E-state index in [0.717, 1.165) is 45.3 Å². The smallest absolute Gasteiger partial charge is 0.417 e. The number of esters is 4. The van der Waals surface area contributed by atoms with Crippen LogP contribution in [0, 0.1) is 6.92 Å². The molecule has 4 fully saturated rings. The van der Waals surface area contributed by atoms with E-state index in [-0.39, 0.29) is 6.61 Å². The zero-order valence-electron chi connectivity index (χ0n) is 32.5. The van der Waals surface area contributed by atoms with Crippen LogP contribution in [-0.2, 0) is 71.3 Å². The molecule has 12 atom stereocenters.